The van der Waals surface area contributed by atoms with Crippen LogP contribution in [-0.4, -0.2) is 131 Å². The highest BCUT2D eigenvalue weighted by atomic mass is 32.2. The molecule has 19 nitrogen and oxygen atoms in total. The van der Waals surface area contributed by atoms with Crippen LogP contribution in [0.3, 0.4) is 0 Å². The van der Waals surface area contributed by atoms with Crippen molar-refractivity contribution in [3.63, 3.8) is 0 Å². The van der Waals surface area contributed by atoms with Crippen molar-refractivity contribution in [2.45, 2.75) is 166 Å². The summed E-state index contributed by atoms with van der Waals surface area (Å²) in [5.74, 6) is -3.39. The van der Waals surface area contributed by atoms with Gasteiger partial charge in [0.2, 0.25) is 29.5 Å². The van der Waals surface area contributed by atoms with Crippen LogP contribution in [0.1, 0.15) is 153 Å². The van der Waals surface area contributed by atoms with E-state index in [-0.39, 0.29) is 91.1 Å². The van der Waals surface area contributed by atoms with Crippen LogP contribution in [0.15, 0.2) is 91.0 Å². The molecule has 1 fully saturated rings. The second-order valence-corrected chi connectivity index (χ2v) is 25.8. The van der Waals surface area contributed by atoms with Gasteiger partial charge in [-0.25, -0.2) is 0 Å². The summed E-state index contributed by atoms with van der Waals surface area (Å²) in [6.07, 6.45) is 7.67. The molecule has 85 heavy (non-hydrogen) atoms. The zero-order chi connectivity index (χ0) is 61.9. The zero-order valence-electron chi connectivity index (χ0n) is 50.5. The molecule has 0 saturated carbocycles. The van der Waals surface area contributed by atoms with Gasteiger partial charge in [-0.15, -0.1) is 0 Å². The molecule has 4 aliphatic rings. The van der Waals surface area contributed by atoms with E-state index >= 15 is 4.79 Å². The van der Waals surface area contributed by atoms with Gasteiger partial charge in [-0.05, 0) is 168 Å². The van der Waals surface area contributed by atoms with Crippen LogP contribution < -0.4 is 37.2 Å². The number of carbonyl (C=O) groups excluding carboxylic acids is 10. The molecular weight excluding hydrogens is 1100 g/mol. The molecule has 7 amide bonds. The maximum atomic E-state index is 15.0. The van der Waals surface area contributed by atoms with E-state index in [0.29, 0.717) is 5.69 Å². The lowest BCUT2D eigenvalue weighted by atomic mass is 9.76. The Bertz CT molecular complexity index is 3160. The third-order valence-corrected chi connectivity index (χ3v) is 18.7. The van der Waals surface area contributed by atoms with E-state index in [1.807, 2.05) is 83.3 Å². The van der Waals surface area contributed by atoms with Crippen LogP contribution in [0.25, 0.3) is 0 Å². The van der Waals surface area contributed by atoms with Gasteiger partial charge in [-0.3, -0.25) is 38.4 Å². The van der Waals surface area contributed by atoms with Gasteiger partial charge >= 0.3 is 6.15 Å². The molecule has 454 valence electrons. The Kier molecular flexibility index (Phi) is 21.9. The van der Waals surface area contributed by atoms with E-state index < -0.39 is 70.1 Å². The van der Waals surface area contributed by atoms with Crippen LogP contribution >= 0.6 is 11.8 Å². The molecule has 2 aliphatic carbocycles. The molecule has 0 spiro atoms. The molecule has 7 N–H and O–H groups in total. The fourth-order valence-electron chi connectivity index (χ4n) is 11.9. The first-order chi connectivity index (χ1) is 40.4. The molecule has 0 radical (unpaired) electrons. The minimum Gasteiger partial charge on any atom is -0.347 e. The Morgan fingerprint density at radius 1 is 0.647 bits per heavy atom. The average Bonchev–Trinajstić information content (AvgIpc) is 3.50. The smallest absolute Gasteiger partial charge is 0.347 e. The fourth-order valence-corrected chi connectivity index (χ4v) is 12.3. The van der Waals surface area contributed by atoms with Crippen LogP contribution in [0.4, 0.5) is 5.69 Å². The number of benzene rings is 4. The number of hydrogen-bond donors (Lipinski definition) is 7. The third-order valence-electron chi connectivity index (χ3n) is 17.4. The quantitative estimate of drug-likeness (QED) is 0.0556. The highest BCUT2D eigenvalue weighted by Gasteiger charge is 2.47. The number of nitrogens with zero attached hydrogens (tertiary/aromatic N) is 2. The van der Waals surface area contributed by atoms with Gasteiger partial charge < -0.3 is 47.0 Å². The predicted octanol–water partition coefficient (Wildman–Crippen LogP) is 6.16. The number of rotatable bonds is 19. The van der Waals surface area contributed by atoms with Crippen molar-refractivity contribution in [3.8, 4) is 0 Å². The average molecular weight is 1180 g/mol. The lowest BCUT2D eigenvalue weighted by Crippen LogP contribution is -2.63. The number of carbonyl (C=O) groups is 8. The summed E-state index contributed by atoms with van der Waals surface area (Å²) in [5.41, 5.74) is 6.46. The molecule has 3 unspecified atom stereocenters. The minimum atomic E-state index is -0.988. The van der Waals surface area contributed by atoms with Gasteiger partial charge in [0.15, 0.2) is 0 Å². The lowest BCUT2D eigenvalue weighted by Gasteiger charge is -2.42. The number of fused-ring (bicyclic) bond motifs is 3. The Hall–Kier alpha value is -7.51. The summed E-state index contributed by atoms with van der Waals surface area (Å²) >= 11 is 1.44. The first-order valence-electron chi connectivity index (χ1n) is 29.4. The zero-order valence-corrected chi connectivity index (χ0v) is 51.3. The van der Waals surface area contributed by atoms with Crippen molar-refractivity contribution < 1.29 is 47.9 Å². The first-order valence-corrected chi connectivity index (χ1v) is 30.6. The molecular formula is C65H83N9O10S. The van der Waals surface area contributed by atoms with Crippen molar-refractivity contribution in [2.75, 3.05) is 32.2 Å². The van der Waals surface area contributed by atoms with Gasteiger partial charge in [0.25, 0.3) is 11.8 Å². The maximum Gasteiger partial charge on any atom is 0.373 e. The Morgan fingerprint density at radius 2 is 1.19 bits per heavy atom. The Morgan fingerprint density at radius 3 is 1.73 bits per heavy atom. The number of aryl methyl sites for hydroxylation is 2. The summed E-state index contributed by atoms with van der Waals surface area (Å²) in [7, 11) is 3.37. The Labute approximate surface area is 503 Å². The highest BCUT2D eigenvalue weighted by molar-refractivity contribution is 8.00. The van der Waals surface area contributed by atoms with Crippen LogP contribution in [0.2, 0.25) is 0 Å². The SMILES string of the molecule is CN[C@@H](C)C(=O)C[C@H](C(=O)N1CC(NC(=O)c2ccc(C(=O)Nc3ccc4c(c3)CN(C(=O)[C@@H](NC(=O)[C@H](C)NC)C(C)(C)SC)C(C(=O)N[C@@H]3CCCc5ccccc53)C4)cc2)C[C@H]1C(=O)NC1CCCc2ccccc21)C(C)(C)C.O=C=O. The van der Waals surface area contributed by atoms with Crippen LogP contribution in [0, 0.1) is 11.3 Å². The van der Waals surface area contributed by atoms with Crippen molar-refractivity contribution in [1.29, 1.82) is 0 Å². The topological polar surface area (TPSA) is 261 Å². The van der Waals surface area contributed by atoms with Crippen molar-refractivity contribution in [1.82, 2.24) is 41.7 Å². The summed E-state index contributed by atoms with van der Waals surface area (Å²) in [5, 5.41) is 21.5. The highest BCUT2D eigenvalue weighted by Crippen LogP contribution is 2.37. The molecule has 8 rings (SSSR count). The molecule has 4 aromatic carbocycles. The Balaban J connectivity index is 0.00000338. The lowest BCUT2D eigenvalue weighted by molar-refractivity contribution is -0.191. The normalized spacial score (nSPS) is 20.4. The summed E-state index contributed by atoms with van der Waals surface area (Å²) in [4.78, 5) is 133. The standard InChI is InChI=1S/C64H83N9O8S.CO2/c1-37(65-8)54(74)34-49(63(3,4)5)61(80)73-36-46(33-53(73)60(79)70-51-24-16-20-40-18-12-14-22-48(40)51)68-58(77)42-27-25-41(26-28-42)57(76)67-45-30-29-43-32-52(59(78)69-50-23-15-19-39-17-11-13-21-47(39)50)72(35-44(43)31-45)62(81)55(64(6,7)82-10)71-56(75)38(2)66-9;2-1-3/h11-14,17-18,21-22,25-31,37-38,46,49-53,55,65-66H,15-16,19-20,23-24,32-36H2,1-10H3,(H,67,76)(H,68,77)(H,69,78)(H,70,79)(H,71,75);/t37-,38-,46?,49+,50+,51?,52?,53-,55+;/m0./s1. The number of anilines is 1. The molecule has 0 bridgehead atoms. The van der Waals surface area contributed by atoms with Crippen molar-refractivity contribution >= 4 is 70.7 Å². The second kappa shape index (κ2) is 28.6. The van der Waals surface area contributed by atoms with Crippen LogP contribution in [-0.2, 0) is 64.2 Å². The van der Waals surface area contributed by atoms with E-state index in [2.05, 4.69) is 49.4 Å². The largest absolute Gasteiger partial charge is 0.373 e. The van der Waals surface area contributed by atoms with Gasteiger partial charge in [-0.1, -0.05) is 75.4 Å². The van der Waals surface area contributed by atoms with Gasteiger partial charge in [-0.2, -0.15) is 21.4 Å². The van der Waals surface area contributed by atoms with Gasteiger partial charge in [0, 0.05) is 59.5 Å². The molecule has 2 aliphatic heterocycles. The molecule has 9 atom stereocenters. The number of hydrogen-bond acceptors (Lipinski definition) is 13. The van der Waals surface area contributed by atoms with Crippen molar-refractivity contribution in [2.24, 2.45) is 11.3 Å². The van der Waals surface area contributed by atoms with E-state index in [1.54, 1.807) is 74.1 Å². The molecule has 20 heteroatoms. The maximum absolute atomic E-state index is 15.0. The third kappa shape index (κ3) is 15.7. The van der Waals surface area contributed by atoms with E-state index in [0.717, 1.165) is 60.8 Å². The first kappa shape index (κ1) is 65.0. The number of nitrogens with one attached hydrogen (secondary N) is 7. The number of ketones is 1. The summed E-state index contributed by atoms with van der Waals surface area (Å²) in [6, 6.07) is 22.9. The molecule has 4 aromatic rings. The van der Waals surface area contributed by atoms with E-state index in [4.69, 9.17) is 9.59 Å². The predicted molar refractivity (Wildman–Crippen MR) is 325 cm³/mol. The van der Waals surface area contributed by atoms with Crippen molar-refractivity contribution in [3.05, 3.63) is 136 Å². The van der Waals surface area contributed by atoms with Crippen LogP contribution in [0.5, 0.6) is 0 Å². The second-order valence-electron chi connectivity index (χ2n) is 24.4. The van der Waals surface area contributed by atoms with Gasteiger partial charge in [0.05, 0.1) is 24.2 Å². The number of thioether (sulfide) groups is 1. The van der Waals surface area contributed by atoms with E-state index in [1.165, 1.54) is 22.9 Å². The number of likely N-dealkylation sites (tertiary alicyclic amines) is 1. The monoisotopic (exact) mass is 1180 g/mol. The molecule has 0 aromatic heterocycles. The fraction of sp³-hybridized carbons (Fsp3) is 0.492. The van der Waals surface area contributed by atoms with Gasteiger partial charge in [0.1, 0.15) is 23.9 Å². The number of likely N-dealkylation sites (N-methyl/N-ethyl adjacent to an activating group) is 2. The van der Waals surface area contributed by atoms with E-state index in [9.17, 15) is 33.6 Å². The summed E-state index contributed by atoms with van der Waals surface area (Å²) in [6.45, 7) is 13.1. The molecule has 1 saturated heterocycles. The summed E-state index contributed by atoms with van der Waals surface area (Å²) < 4.78 is -0.762. The molecule has 2 heterocycles. The number of Topliss-reactive ketones (excluding diaryl/α,β-unsaturated/α-hetero) is 1. The number of amides is 7. The minimum absolute atomic E-state index is 0.0118.